The van der Waals surface area contributed by atoms with E-state index < -0.39 is 6.03 Å². The highest BCUT2D eigenvalue weighted by atomic mass is 16.2. The third-order valence-electron chi connectivity index (χ3n) is 4.03. The van der Waals surface area contributed by atoms with Crippen LogP contribution < -0.4 is 10.6 Å². The molecule has 7 heteroatoms. The fraction of sp³-hybridized carbons (Fsp3) is 0.158. The normalized spacial score (nSPS) is 12.7. The van der Waals surface area contributed by atoms with Crippen molar-refractivity contribution >= 4 is 29.3 Å². The standard InChI is InChI=1S/C19H17N3O4/c1-12(23)13-5-4-6-14(11-13)21-19(26)20-9-10-22-17(24)15-7-2-3-8-16(15)18(22)25/h2-8,11H,9-10H2,1H3,(H2,20,21,26). The molecule has 4 amide bonds. The first-order valence-corrected chi connectivity index (χ1v) is 8.08. The Balaban J connectivity index is 1.53. The van der Waals surface area contributed by atoms with Gasteiger partial charge in [-0.15, -0.1) is 0 Å². The van der Waals surface area contributed by atoms with Gasteiger partial charge in [0.05, 0.1) is 11.1 Å². The summed E-state index contributed by atoms with van der Waals surface area (Å²) in [6.45, 7) is 1.64. The summed E-state index contributed by atoms with van der Waals surface area (Å²) in [4.78, 5) is 48.9. The van der Waals surface area contributed by atoms with Crippen molar-refractivity contribution in [2.45, 2.75) is 6.92 Å². The average molecular weight is 351 g/mol. The molecule has 0 aliphatic carbocycles. The molecule has 1 aliphatic rings. The summed E-state index contributed by atoms with van der Waals surface area (Å²) in [5, 5.41) is 5.21. The predicted molar refractivity (Wildman–Crippen MR) is 95.3 cm³/mol. The Morgan fingerprint density at radius 1 is 0.962 bits per heavy atom. The molecule has 3 rings (SSSR count). The number of hydrogen-bond donors (Lipinski definition) is 2. The van der Waals surface area contributed by atoms with Crippen LogP contribution in [0.15, 0.2) is 48.5 Å². The van der Waals surface area contributed by atoms with Crippen LogP contribution in [0.4, 0.5) is 10.5 Å². The number of urea groups is 1. The van der Waals surface area contributed by atoms with Crippen LogP contribution in [0.5, 0.6) is 0 Å². The lowest BCUT2D eigenvalue weighted by Crippen LogP contribution is -2.39. The van der Waals surface area contributed by atoms with E-state index in [0.29, 0.717) is 22.4 Å². The predicted octanol–water partition coefficient (Wildman–Crippen LogP) is 2.31. The van der Waals surface area contributed by atoms with Crippen molar-refractivity contribution in [3.8, 4) is 0 Å². The first kappa shape index (κ1) is 17.3. The van der Waals surface area contributed by atoms with E-state index in [9.17, 15) is 19.2 Å². The maximum absolute atomic E-state index is 12.2. The van der Waals surface area contributed by atoms with Crippen LogP contribution in [0.3, 0.4) is 0 Å². The van der Waals surface area contributed by atoms with Gasteiger partial charge >= 0.3 is 6.03 Å². The number of imide groups is 1. The van der Waals surface area contributed by atoms with E-state index >= 15 is 0 Å². The molecule has 0 radical (unpaired) electrons. The van der Waals surface area contributed by atoms with E-state index in [2.05, 4.69) is 10.6 Å². The third kappa shape index (κ3) is 3.46. The first-order valence-electron chi connectivity index (χ1n) is 8.08. The zero-order chi connectivity index (χ0) is 18.7. The van der Waals surface area contributed by atoms with Gasteiger partial charge in [-0.2, -0.15) is 0 Å². The molecule has 2 aromatic rings. The molecule has 26 heavy (non-hydrogen) atoms. The number of benzene rings is 2. The number of carbonyl (C=O) groups is 4. The molecule has 2 aromatic carbocycles. The Morgan fingerprint density at radius 3 is 2.23 bits per heavy atom. The van der Waals surface area contributed by atoms with Gasteiger partial charge < -0.3 is 10.6 Å². The molecule has 0 saturated carbocycles. The Morgan fingerprint density at radius 2 is 1.62 bits per heavy atom. The minimum atomic E-state index is -0.484. The summed E-state index contributed by atoms with van der Waals surface area (Å²) >= 11 is 0. The van der Waals surface area contributed by atoms with Crippen LogP contribution in [-0.4, -0.2) is 41.6 Å². The maximum atomic E-state index is 12.2. The summed E-state index contributed by atoms with van der Waals surface area (Å²) in [7, 11) is 0. The summed E-state index contributed by atoms with van der Waals surface area (Å²) in [6.07, 6.45) is 0. The largest absolute Gasteiger partial charge is 0.336 e. The summed E-state index contributed by atoms with van der Waals surface area (Å²) < 4.78 is 0. The van der Waals surface area contributed by atoms with E-state index in [-0.39, 0.29) is 30.7 Å². The quantitative estimate of drug-likeness (QED) is 0.638. The van der Waals surface area contributed by atoms with Crippen LogP contribution in [0.25, 0.3) is 0 Å². The molecule has 7 nitrogen and oxygen atoms in total. The van der Waals surface area contributed by atoms with Gasteiger partial charge in [0, 0.05) is 24.3 Å². The molecular weight excluding hydrogens is 334 g/mol. The molecule has 0 aromatic heterocycles. The second-order valence-electron chi connectivity index (χ2n) is 5.83. The first-order chi connectivity index (χ1) is 12.5. The number of carbonyl (C=O) groups excluding carboxylic acids is 4. The number of anilines is 1. The van der Waals surface area contributed by atoms with Crippen molar-refractivity contribution in [1.29, 1.82) is 0 Å². The number of rotatable bonds is 5. The number of amides is 4. The van der Waals surface area contributed by atoms with Crippen LogP contribution in [0, 0.1) is 0 Å². The lowest BCUT2D eigenvalue weighted by atomic mass is 10.1. The number of Topliss-reactive ketones (excluding diaryl/α,β-unsaturated/α-hetero) is 1. The van der Waals surface area contributed by atoms with Gasteiger partial charge in [0.1, 0.15) is 0 Å². The SMILES string of the molecule is CC(=O)c1cccc(NC(=O)NCCN2C(=O)c3ccccc3C2=O)c1. The lowest BCUT2D eigenvalue weighted by Gasteiger charge is -2.14. The smallest absolute Gasteiger partial charge is 0.319 e. The fourth-order valence-electron chi connectivity index (χ4n) is 2.71. The van der Waals surface area contributed by atoms with Crippen molar-refractivity contribution in [2.24, 2.45) is 0 Å². The average Bonchev–Trinajstić information content (AvgIpc) is 2.87. The van der Waals surface area contributed by atoms with Crippen LogP contribution in [0.1, 0.15) is 38.0 Å². The van der Waals surface area contributed by atoms with Gasteiger partial charge in [-0.25, -0.2) is 4.79 Å². The highest BCUT2D eigenvalue weighted by Crippen LogP contribution is 2.21. The van der Waals surface area contributed by atoms with Gasteiger partial charge in [-0.3, -0.25) is 19.3 Å². The van der Waals surface area contributed by atoms with Gasteiger partial charge in [-0.05, 0) is 31.2 Å². The van der Waals surface area contributed by atoms with Gasteiger partial charge in [0.15, 0.2) is 5.78 Å². The molecular formula is C19H17N3O4. The van der Waals surface area contributed by atoms with E-state index in [1.807, 2.05) is 0 Å². The highest BCUT2D eigenvalue weighted by Gasteiger charge is 2.34. The van der Waals surface area contributed by atoms with E-state index in [1.54, 1.807) is 48.5 Å². The van der Waals surface area contributed by atoms with E-state index in [4.69, 9.17) is 0 Å². The van der Waals surface area contributed by atoms with Gasteiger partial charge in [0.2, 0.25) is 0 Å². The molecule has 1 heterocycles. The van der Waals surface area contributed by atoms with E-state index in [0.717, 1.165) is 4.90 Å². The van der Waals surface area contributed by atoms with Crippen molar-refractivity contribution < 1.29 is 19.2 Å². The van der Waals surface area contributed by atoms with E-state index in [1.165, 1.54) is 6.92 Å². The van der Waals surface area contributed by atoms with Crippen molar-refractivity contribution in [3.05, 3.63) is 65.2 Å². The fourth-order valence-corrected chi connectivity index (χ4v) is 2.71. The third-order valence-corrected chi connectivity index (χ3v) is 4.03. The molecule has 1 aliphatic heterocycles. The molecule has 0 unspecified atom stereocenters. The number of nitrogens with zero attached hydrogens (tertiary/aromatic N) is 1. The summed E-state index contributed by atoms with van der Waals surface area (Å²) in [5.74, 6) is -0.816. The zero-order valence-corrected chi connectivity index (χ0v) is 14.1. The second-order valence-corrected chi connectivity index (χ2v) is 5.83. The van der Waals surface area contributed by atoms with Crippen molar-refractivity contribution in [1.82, 2.24) is 10.2 Å². The molecule has 0 spiro atoms. The molecule has 0 fully saturated rings. The topological polar surface area (TPSA) is 95.6 Å². The summed E-state index contributed by atoms with van der Waals surface area (Å²) in [6, 6.07) is 12.7. The molecule has 0 saturated heterocycles. The molecule has 0 atom stereocenters. The Kier molecular flexibility index (Phi) is 4.79. The van der Waals surface area contributed by atoms with Gasteiger partial charge in [0.25, 0.3) is 11.8 Å². The Labute approximate surface area is 150 Å². The maximum Gasteiger partial charge on any atom is 0.319 e. The van der Waals surface area contributed by atoms with Crippen LogP contribution in [0.2, 0.25) is 0 Å². The monoisotopic (exact) mass is 351 g/mol. The molecule has 132 valence electrons. The second kappa shape index (κ2) is 7.18. The molecule has 2 N–H and O–H groups in total. The molecule has 0 bridgehead atoms. The number of ketones is 1. The lowest BCUT2D eigenvalue weighted by molar-refractivity contribution is 0.0656. The van der Waals surface area contributed by atoms with Gasteiger partial charge in [-0.1, -0.05) is 24.3 Å². The number of fused-ring (bicyclic) bond motifs is 1. The minimum absolute atomic E-state index is 0.0766. The van der Waals surface area contributed by atoms with Crippen molar-refractivity contribution in [2.75, 3.05) is 18.4 Å². The summed E-state index contributed by atoms with van der Waals surface area (Å²) in [5.41, 5.74) is 1.73. The minimum Gasteiger partial charge on any atom is -0.336 e. The number of nitrogens with one attached hydrogen (secondary N) is 2. The highest BCUT2D eigenvalue weighted by molar-refractivity contribution is 6.21. The van der Waals surface area contributed by atoms with Crippen molar-refractivity contribution in [3.63, 3.8) is 0 Å². The zero-order valence-electron chi connectivity index (χ0n) is 14.1. The Bertz CT molecular complexity index is 872. The van der Waals surface area contributed by atoms with Crippen LogP contribution in [-0.2, 0) is 0 Å². The number of hydrogen-bond acceptors (Lipinski definition) is 4. The Hall–Kier alpha value is -3.48. The van der Waals surface area contributed by atoms with Crippen LogP contribution >= 0.6 is 0 Å².